The standard InChI is InChI=1S/C16H16N4/c1-11-6-3-4-8-13(11)14-15(19-20(2)16(14)17)12-7-5-9-18-10-12/h3-10H,17H2,1-2H3. The van der Waals surface area contributed by atoms with Gasteiger partial charge < -0.3 is 5.73 Å². The minimum Gasteiger partial charge on any atom is -0.383 e. The largest absolute Gasteiger partial charge is 0.383 e. The highest BCUT2D eigenvalue weighted by atomic mass is 15.3. The van der Waals surface area contributed by atoms with Gasteiger partial charge >= 0.3 is 0 Å². The normalized spacial score (nSPS) is 10.7. The van der Waals surface area contributed by atoms with Crippen LogP contribution in [0, 0.1) is 6.92 Å². The van der Waals surface area contributed by atoms with Crippen LogP contribution < -0.4 is 5.73 Å². The Morgan fingerprint density at radius 1 is 1.10 bits per heavy atom. The highest BCUT2D eigenvalue weighted by Crippen LogP contribution is 2.36. The van der Waals surface area contributed by atoms with Crippen LogP contribution in [0.1, 0.15) is 5.56 Å². The van der Waals surface area contributed by atoms with Crippen LogP contribution in [0.15, 0.2) is 48.8 Å². The summed E-state index contributed by atoms with van der Waals surface area (Å²) in [5.41, 5.74) is 11.3. The lowest BCUT2D eigenvalue weighted by atomic mass is 9.98. The first-order valence-corrected chi connectivity index (χ1v) is 6.47. The molecule has 0 unspecified atom stereocenters. The van der Waals surface area contributed by atoms with Gasteiger partial charge in [-0.25, -0.2) is 0 Å². The lowest BCUT2D eigenvalue weighted by molar-refractivity contribution is 0.782. The third-order valence-electron chi connectivity index (χ3n) is 3.44. The molecular formula is C16H16N4. The third-order valence-corrected chi connectivity index (χ3v) is 3.44. The molecular weight excluding hydrogens is 248 g/mol. The summed E-state index contributed by atoms with van der Waals surface area (Å²) < 4.78 is 1.71. The molecule has 4 heteroatoms. The Morgan fingerprint density at radius 3 is 2.60 bits per heavy atom. The average molecular weight is 264 g/mol. The second kappa shape index (κ2) is 4.81. The number of nitrogen functional groups attached to an aromatic ring is 1. The molecule has 0 saturated heterocycles. The highest BCUT2D eigenvalue weighted by Gasteiger charge is 2.18. The van der Waals surface area contributed by atoms with E-state index in [1.54, 1.807) is 10.9 Å². The molecule has 0 bridgehead atoms. The van der Waals surface area contributed by atoms with E-state index in [-0.39, 0.29) is 0 Å². The van der Waals surface area contributed by atoms with Crippen LogP contribution in [0.3, 0.4) is 0 Å². The van der Waals surface area contributed by atoms with Gasteiger partial charge in [0.2, 0.25) is 0 Å². The van der Waals surface area contributed by atoms with Crippen molar-refractivity contribution in [3.05, 3.63) is 54.4 Å². The van der Waals surface area contributed by atoms with Crippen LogP contribution in [0.4, 0.5) is 5.82 Å². The van der Waals surface area contributed by atoms with E-state index in [0.717, 1.165) is 22.4 Å². The van der Waals surface area contributed by atoms with Gasteiger partial charge in [-0.15, -0.1) is 0 Å². The minimum atomic E-state index is 0.665. The summed E-state index contributed by atoms with van der Waals surface area (Å²) >= 11 is 0. The molecule has 0 aliphatic heterocycles. The van der Waals surface area contributed by atoms with Crippen molar-refractivity contribution in [3.8, 4) is 22.4 Å². The molecule has 0 amide bonds. The Morgan fingerprint density at radius 2 is 1.90 bits per heavy atom. The maximum Gasteiger partial charge on any atom is 0.129 e. The Balaban J connectivity index is 2.29. The summed E-state index contributed by atoms with van der Waals surface area (Å²) in [7, 11) is 1.86. The lowest BCUT2D eigenvalue weighted by Gasteiger charge is -2.07. The van der Waals surface area contributed by atoms with E-state index in [0.29, 0.717) is 5.82 Å². The summed E-state index contributed by atoms with van der Waals surface area (Å²) in [6.45, 7) is 2.08. The zero-order chi connectivity index (χ0) is 14.1. The first-order valence-electron chi connectivity index (χ1n) is 6.47. The zero-order valence-electron chi connectivity index (χ0n) is 11.5. The van der Waals surface area contributed by atoms with Crippen molar-refractivity contribution in [1.29, 1.82) is 0 Å². The van der Waals surface area contributed by atoms with E-state index in [1.165, 1.54) is 5.56 Å². The maximum atomic E-state index is 6.22. The van der Waals surface area contributed by atoms with Crippen LogP contribution >= 0.6 is 0 Å². The highest BCUT2D eigenvalue weighted by molar-refractivity contribution is 5.89. The van der Waals surface area contributed by atoms with Gasteiger partial charge in [-0.05, 0) is 30.2 Å². The molecule has 2 aromatic heterocycles. The van der Waals surface area contributed by atoms with Crippen molar-refractivity contribution in [2.24, 2.45) is 7.05 Å². The van der Waals surface area contributed by atoms with E-state index < -0.39 is 0 Å². The Labute approximate surface area is 117 Å². The van der Waals surface area contributed by atoms with Gasteiger partial charge in [0.05, 0.1) is 5.56 Å². The maximum absolute atomic E-state index is 6.22. The second-order valence-corrected chi connectivity index (χ2v) is 4.79. The summed E-state index contributed by atoms with van der Waals surface area (Å²) in [5.74, 6) is 0.665. The van der Waals surface area contributed by atoms with E-state index in [9.17, 15) is 0 Å². The van der Waals surface area contributed by atoms with E-state index in [4.69, 9.17) is 5.73 Å². The molecule has 100 valence electrons. The topological polar surface area (TPSA) is 56.7 Å². The van der Waals surface area contributed by atoms with E-state index in [1.807, 2.05) is 37.5 Å². The molecule has 4 nitrogen and oxygen atoms in total. The first-order chi connectivity index (χ1) is 9.68. The average Bonchev–Trinajstić information content (AvgIpc) is 2.77. The predicted molar refractivity (Wildman–Crippen MR) is 81.0 cm³/mol. The number of anilines is 1. The molecule has 0 fully saturated rings. The number of pyridine rings is 1. The second-order valence-electron chi connectivity index (χ2n) is 4.79. The molecule has 2 N–H and O–H groups in total. The lowest BCUT2D eigenvalue weighted by Crippen LogP contribution is -1.98. The van der Waals surface area contributed by atoms with E-state index in [2.05, 4.69) is 29.1 Å². The van der Waals surface area contributed by atoms with Crippen LogP contribution in [0.25, 0.3) is 22.4 Å². The number of nitrogens with zero attached hydrogens (tertiary/aromatic N) is 3. The molecule has 3 aromatic rings. The predicted octanol–water partition coefficient (Wildman–Crippen LogP) is 3.04. The van der Waals surface area contributed by atoms with Crippen molar-refractivity contribution >= 4 is 5.82 Å². The van der Waals surface area contributed by atoms with Gasteiger partial charge in [-0.1, -0.05) is 24.3 Å². The molecule has 0 saturated carbocycles. The van der Waals surface area contributed by atoms with Gasteiger partial charge in [0.15, 0.2) is 0 Å². The van der Waals surface area contributed by atoms with E-state index >= 15 is 0 Å². The number of aromatic nitrogens is 3. The Hall–Kier alpha value is -2.62. The van der Waals surface area contributed by atoms with Crippen molar-refractivity contribution in [3.63, 3.8) is 0 Å². The van der Waals surface area contributed by atoms with Crippen LogP contribution in [-0.2, 0) is 7.05 Å². The number of rotatable bonds is 2. The van der Waals surface area contributed by atoms with Gasteiger partial charge in [-0.2, -0.15) is 5.10 Å². The molecule has 2 heterocycles. The number of hydrogen-bond donors (Lipinski definition) is 1. The molecule has 0 spiro atoms. The van der Waals surface area contributed by atoms with Crippen molar-refractivity contribution < 1.29 is 0 Å². The SMILES string of the molecule is Cc1ccccc1-c1c(-c2cccnc2)nn(C)c1N. The Kier molecular flexibility index (Phi) is 2.99. The minimum absolute atomic E-state index is 0.665. The fourth-order valence-electron chi connectivity index (χ4n) is 2.36. The van der Waals surface area contributed by atoms with Crippen LogP contribution in [0.2, 0.25) is 0 Å². The van der Waals surface area contributed by atoms with Crippen molar-refractivity contribution in [1.82, 2.24) is 14.8 Å². The fraction of sp³-hybridized carbons (Fsp3) is 0.125. The number of aryl methyl sites for hydroxylation is 2. The molecule has 20 heavy (non-hydrogen) atoms. The summed E-state index contributed by atoms with van der Waals surface area (Å²) in [6, 6.07) is 12.1. The molecule has 0 atom stereocenters. The first kappa shape index (κ1) is 12.4. The molecule has 0 radical (unpaired) electrons. The Bertz CT molecular complexity index is 744. The fourth-order valence-corrected chi connectivity index (χ4v) is 2.36. The third kappa shape index (κ3) is 1.95. The van der Waals surface area contributed by atoms with Crippen LogP contribution in [0.5, 0.6) is 0 Å². The van der Waals surface area contributed by atoms with Gasteiger partial charge in [-0.3, -0.25) is 9.67 Å². The number of nitrogens with two attached hydrogens (primary N) is 1. The van der Waals surface area contributed by atoms with Crippen molar-refractivity contribution in [2.45, 2.75) is 6.92 Å². The van der Waals surface area contributed by atoms with Gasteiger partial charge in [0.25, 0.3) is 0 Å². The molecule has 0 aliphatic rings. The smallest absolute Gasteiger partial charge is 0.129 e. The number of benzene rings is 1. The quantitative estimate of drug-likeness (QED) is 0.774. The van der Waals surface area contributed by atoms with Crippen molar-refractivity contribution in [2.75, 3.05) is 5.73 Å². The molecule has 1 aromatic carbocycles. The summed E-state index contributed by atoms with van der Waals surface area (Å²) in [6.07, 6.45) is 3.56. The molecule has 0 aliphatic carbocycles. The monoisotopic (exact) mass is 264 g/mol. The van der Waals surface area contributed by atoms with Gasteiger partial charge in [0.1, 0.15) is 11.5 Å². The van der Waals surface area contributed by atoms with Crippen LogP contribution in [-0.4, -0.2) is 14.8 Å². The van der Waals surface area contributed by atoms with Gasteiger partial charge in [0, 0.05) is 25.0 Å². The summed E-state index contributed by atoms with van der Waals surface area (Å²) in [4.78, 5) is 4.17. The molecule has 3 rings (SSSR count). The summed E-state index contributed by atoms with van der Waals surface area (Å²) in [5, 5.41) is 4.55. The number of hydrogen-bond acceptors (Lipinski definition) is 3. The zero-order valence-corrected chi connectivity index (χ0v) is 11.5.